The van der Waals surface area contributed by atoms with Crippen LogP contribution in [0.4, 0.5) is 10.1 Å². The second kappa shape index (κ2) is 8.08. The molecular weight excluding hydrogens is 427 g/mol. The van der Waals surface area contributed by atoms with Gasteiger partial charge in [-0.15, -0.1) is 0 Å². The number of hydrogen-bond acceptors (Lipinski definition) is 3. The Balaban J connectivity index is 1.62. The second-order valence-electron chi connectivity index (χ2n) is 7.00. The van der Waals surface area contributed by atoms with Gasteiger partial charge < -0.3 is 5.32 Å². The van der Waals surface area contributed by atoms with Gasteiger partial charge in [0.25, 0.3) is 15.9 Å². The van der Waals surface area contributed by atoms with E-state index >= 15 is 0 Å². The Morgan fingerprint density at radius 3 is 2.50 bits per heavy atom. The fourth-order valence-corrected chi connectivity index (χ4v) is 4.95. The fourth-order valence-electron chi connectivity index (χ4n) is 3.57. The van der Waals surface area contributed by atoms with Crippen LogP contribution in [-0.4, -0.2) is 14.3 Å². The molecule has 5 nitrogen and oxygen atoms in total. The van der Waals surface area contributed by atoms with Crippen LogP contribution in [0.25, 0.3) is 0 Å². The number of fused-ring (bicyclic) bond motifs is 1. The van der Waals surface area contributed by atoms with Crippen LogP contribution in [-0.2, 0) is 16.4 Å². The van der Waals surface area contributed by atoms with Crippen molar-refractivity contribution in [3.05, 3.63) is 94.3 Å². The van der Waals surface area contributed by atoms with Crippen molar-refractivity contribution in [3.63, 3.8) is 0 Å². The van der Waals surface area contributed by atoms with Crippen LogP contribution in [0.3, 0.4) is 0 Å². The summed E-state index contributed by atoms with van der Waals surface area (Å²) < 4.78 is 42.1. The smallest absolute Gasteiger partial charge is 0.264 e. The Labute approximate surface area is 178 Å². The summed E-state index contributed by atoms with van der Waals surface area (Å²) in [4.78, 5) is 12.2. The molecule has 30 heavy (non-hydrogen) atoms. The van der Waals surface area contributed by atoms with Crippen molar-refractivity contribution in [2.75, 3.05) is 4.72 Å². The van der Waals surface area contributed by atoms with E-state index in [1.165, 1.54) is 12.1 Å². The number of sulfonamides is 1. The molecule has 3 aromatic carbocycles. The molecule has 0 heterocycles. The minimum Gasteiger partial charge on any atom is -0.345 e. The summed E-state index contributed by atoms with van der Waals surface area (Å²) >= 11 is 6.08. The molecule has 0 bridgehead atoms. The van der Waals surface area contributed by atoms with Crippen LogP contribution in [0.1, 0.15) is 33.9 Å². The van der Waals surface area contributed by atoms with Gasteiger partial charge in [0.05, 0.1) is 16.6 Å². The zero-order chi connectivity index (χ0) is 21.3. The highest BCUT2D eigenvalue weighted by Gasteiger charge is 2.27. The second-order valence-corrected chi connectivity index (χ2v) is 9.06. The van der Waals surface area contributed by atoms with Crippen molar-refractivity contribution in [2.45, 2.75) is 23.8 Å². The predicted octanol–water partition coefficient (Wildman–Crippen LogP) is 4.70. The van der Waals surface area contributed by atoms with E-state index in [2.05, 4.69) is 10.0 Å². The minimum atomic E-state index is -4.26. The summed E-state index contributed by atoms with van der Waals surface area (Å²) in [6.45, 7) is 0. The minimum absolute atomic E-state index is 0.101. The van der Waals surface area contributed by atoms with E-state index in [0.717, 1.165) is 36.1 Å². The van der Waals surface area contributed by atoms with Crippen LogP contribution in [0, 0.1) is 5.82 Å². The molecule has 0 aromatic heterocycles. The van der Waals surface area contributed by atoms with Gasteiger partial charge in [0.2, 0.25) is 0 Å². The van der Waals surface area contributed by atoms with Gasteiger partial charge in [-0.2, -0.15) is 0 Å². The molecule has 1 amide bonds. The standard InChI is InChI=1S/C22H18ClFN2O3S/c23-18-13-19(24)21(30(28,29)26-15-7-2-1-3-8-15)12-17(18)22(27)25-20-11-10-14-6-4-5-9-16(14)20/h1-9,12-13,20,26H,10-11H2,(H,25,27). The highest BCUT2D eigenvalue weighted by Crippen LogP contribution is 2.32. The molecule has 0 radical (unpaired) electrons. The first kappa shape index (κ1) is 20.4. The lowest BCUT2D eigenvalue weighted by molar-refractivity contribution is 0.0936. The summed E-state index contributed by atoms with van der Waals surface area (Å²) in [5.74, 6) is -1.59. The lowest BCUT2D eigenvalue weighted by Gasteiger charge is -2.16. The zero-order valence-electron chi connectivity index (χ0n) is 15.7. The van der Waals surface area contributed by atoms with E-state index in [-0.39, 0.29) is 22.3 Å². The van der Waals surface area contributed by atoms with Crippen molar-refractivity contribution >= 4 is 33.2 Å². The van der Waals surface area contributed by atoms with Crippen molar-refractivity contribution in [1.82, 2.24) is 5.32 Å². The number of halogens is 2. The third kappa shape index (κ3) is 4.04. The summed E-state index contributed by atoms with van der Waals surface area (Å²) in [5.41, 5.74) is 2.35. The van der Waals surface area contributed by atoms with Gasteiger partial charge in [-0.3, -0.25) is 9.52 Å². The maximum Gasteiger partial charge on any atom is 0.264 e. The van der Waals surface area contributed by atoms with E-state index < -0.39 is 26.6 Å². The summed E-state index contributed by atoms with van der Waals surface area (Å²) in [6, 6.07) is 17.5. The first-order chi connectivity index (χ1) is 14.3. The van der Waals surface area contributed by atoms with Gasteiger partial charge in [0, 0.05) is 5.69 Å². The average Bonchev–Trinajstić information content (AvgIpc) is 3.11. The molecule has 154 valence electrons. The summed E-state index contributed by atoms with van der Waals surface area (Å²) in [5, 5.41) is 2.72. The molecule has 8 heteroatoms. The van der Waals surface area contributed by atoms with Crippen molar-refractivity contribution in [1.29, 1.82) is 0 Å². The van der Waals surface area contributed by atoms with E-state index in [1.54, 1.807) is 18.2 Å². The Morgan fingerprint density at radius 2 is 1.73 bits per heavy atom. The van der Waals surface area contributed by atoms with Crippen LogP contribution in [0.5, 0.6) is 0 Å². The molecule has 4 rings (SSSR count). The fraction of sp³-hybridized carbons (Fsp3) is 0.136. The molecule has 3 aromatic rings. The largest absolute Gasteiger partial charge is 0.345 e. The molecule has 0 saturated heterocycles. The molecule has 0 aliphatic heterocycles. The van der Waals surface area contributed by atoms with Gasteiger partial charge >= 0.3 is 0 Å². The van der Waals surface area contributed by atoms with Gasteiger partial charge in [0.15, 0.2) is 0 Å². The Hall–Kier alpha value is -2.90. The Morgan fingerprint density at radius 1 is 1.03 bits per heavy atom. The Bertz CT molecular complexity index is 1220. The maximum absolute atomic E-state index is 14.5. The SMILES string of the molecule is O=C(NC1CCc2ccccc21)c1cc(S(=O)(=O)Nc2ccccc2)c(F)cc1Cl. The number of benzene rings is 3. The molecule has 0 saturated carbocycles. The highest BCUT2D eigenvalue weighted by molar-refractivity contribution is 7.92. The monoisotopic (exact) mass is 444 g/mol. The lowest BCUT2D eigenvalue weighted by Crippen LogP contribution is -2.28. The molecule has 1 aliphatic carbocycles. The third-order valence-corrected chi connectivity index (χ3v) is 6.73. The number of para-hydroxylation sites is 1. The normalized spacial score (nSPS) is 15.5. The van der Waals surface area contributed by atoms with E-state index in [9.17, 15) is 17.6 Å². The van der Waals surface area contributed by atoms with E-state index in [0.29, 0.717) is 0 Å². The molecular formula is C22H18ClFN2O3S. The molecule has 1 aliphatic rings. The van der Waals surface area contributed by atoms with Crippen molar-refractivity contribution < 1.29 is 17.6 Å². The number of anilines is 1. The molecule has 2 N–H and O–H groups in total. The number of nitrogens with one attached hydrogen (secondary N) is 2. The highest BCUT2D eigenvalue weighted by atomic mass is 35.5. The van der Waals surface area contributed by atoms with Crippen LogP contribution >= 0.6 is 11.6 Å². The van der Waals surface area contributed by atoms with Crippen LogP contribution in [0.2, 0.25) is 5.02 Å². The average molecular weight is 445 g/mol. The molecule has 1 atom stereocenters. The molecule has 1 unspecified atom stereocenters. The van der Waals surface area contributed by atoms with Gasteiger partial charge in [0.1, 0.15) is 10.7 Å². The molecule has 0 spiro atoms. The predicted molar refractivity (Wildman–Crippen MR) is 114 cm³/mol. The summed E-state index contributed by atoms with van der Waals surface area (Å²) in [7, 11) is -4.26. The quantitative estimate of drug-likeness (QED) is 0.599. The number of carbonyl (C=O) groups excluding carboxylic acids is 1. The van der Waals surface area contributed by atoms with Crippen LogP contribution < -0.4 is 10.0 Å². The summed E-state index contributed by atoms with van der Waals surface area (Å²) in [6.07, 6.45) is 1.56. The van der Waals surface area contributed by atoms with E-state index in [1.807, 2.05) is 24.3 Å². The first-order valence-corrected chi connectivity index (χ1v) is 11.2. The topological polar surface area (TPSA) is 75.3 Å². The van der Waals surface area contributed by atoms with Crippen molar-refractivity contribution in [3.8, 4) is 0 Å². The number of rotatable bonds is 5. The maximum atomic E-state index is 14.5. The lowest BCUT2D eigenvalue weighted by atomic mass is 10.1. The molecule has 0 fully saturated rings. The van der Waals surface area contributed by atoms with Crippen LogP contribution in [0.15, 0.2) is 71.6 Å². The number of hydrogen-bond donors (Lipinski definition) is 2. The van der Waals surface area contributed by atoms with Gasteiger partial charge in [-0.25, -0.2) is 12.8 Å². The number of amides is 1. The first-order valence-electron chi connectivity index (χ1n) is 9.31. The van der Waals surface area contributed by atoms with Gasteiger partial charge in [-0.05, 0) is 48.2 Å². The number of aryl methyl sites for hydroxylation is 1. The van der Waals surface area contributed by atoms with Gasteiger partial charge in [-0.1, -0.05) is 54.1 Å². The van der Waals surface area contributed by atoms with Crippen molar-refractivity contribution in [2.24, 2.45) is 0 Å². The number of carbonyl (C=O) groups is 1. The zero-order valence-corrected chi connectivity index (χ0v) is 17.3. The van der Waals surface area contributed by atoms with E-state index in [4.69, 9.17) is 11.6 Å². The third-order valence-electron chi connectivity index (χ3n) is 5.02. The Kier molecular flexibility index (Phi) is 5.49.